The number of aliphatic imine (C=N–C) groups is 1. The van der Waals surface area contributed by atoms with Crippen LogP contribution in [0.1, 0.15) is 17.9 Å². The van der Waals surface area contributed by atoms with E-state index >= 15 is 0 Å². The van der Waals surface area contributed by atoms with Gasteiger partial charge in [0.15, 0.2) is 0 Å². The lowest BCUT2D eigenvalue weighted by molar-refractivity contribution is 0.181. The molecule has 0 bridgehead atoms. The summed E-state index contributed by atoms with van der Waals surface area (Å²) in [6, 6.07) is 3.75. The maximum Gasteiger partial charge on any atom is 0.125 e. The zero-order chi connectivity index (χ0) is 12.9. The van der Waals surface area contributed by atoms with Crippen LogP contribution in [0.2, 0.25) is 0 Å². The number of hydrogen-bond acceptors (Lipinski definition) is 5. The number of furan rings is 1. The lowest BCUT2D eigenvalue weighted by Crippen LogP contribution is -2.11. The highest BCUT2D eigenvalue weighted by Crippen LogP contribution is 2.13. The molecule has 19 heavy (non-hydrogen) atoms. The fraction of sp³-hybridized carbons (Fsp3) is 0.462. The SMILES string of the molecule is C(=NCc1ccco1)c1cn(CC2CCOC2)nn1. The van der Waals surface area contributed by atoms with Gasteiger partial charge in [0.1, 0.15) is 11.5 Å². The van der Waals surface area contributed by atoms with Crippen molar-refractivity contribution in [3.8, 4) is 0 Å². The fourth-order valence-electron chi connectivity index (χ4n) is 2.09. The van der Waals surface area contributed by atoms with Gasteiger partial charge >= 0.3 is 0 Å². The van der Waals surface area contributed by atoms with Crippen LogP contribution in [0.15, 0.2) is 34.0 Å². The fourth-order valence-corrected chi connectivity index (χ4v) is 2.09. The minimum absolute atomic E-state index is 0.524. The molecule has 1 aliphatic heterocycles. The van der Waals surface area contributed by atoms with Crippen LogP contribution in [0.3, 0.4) is 0 Å². The van der Waals surface area contributed by atoms with Crippen molar-refractivity contribution in [1.29, 1.82) is 0 Å². The third-order valence-corrected chi connectivity index (χ3v) is 3.08. The Balaban J connectivity index is 1.53. The first kappa shape index (κ1) is 12.1. The van der Waals surface area contributed by atoms with Crippen LogP contribution < -0.4 is 0 Å². The second-order valence-electron chi connectivity index (χ2n) is 4.64. The molecule has 0 spiro atoms. The smallest absolute Gasteiger partial charge is 0.125 e. The highest BCUT2D eigenvalue weighted by atomic mass is 16.5. The summed E-state index contributed by atoms with van der Waals surface area (Å²) in [5.74, 6) is 1.39. The normalized spacial score (nSPS) is 19.5. The number of ether oxygens (including phenoxy) is 1. The van der Waals surface area contributed by atoms with E-state index in [1.807, 2.05) is 23.0 Å². The molecule has 0 aromatic carbocycles. The molecular formula is C13H16N4O2. The summed E-state index contributed by atoms with van der Waals surface area (Å²) in [6.45, 7) is 3.06. The van der Waals surface area contributed by atoms with Crippen molar-refractivity contribution >= 4 is 6.21 Å². The van der Waals surface area contributed by atoms with E-state index in [0.717, 1.165) is 37.6 Å². The number of rotatable bonds is 5. The summed E-state index contributed by atoms with van der Waals surface area (Å²) in [5, 5.41) is 8.16. The maximum absolute atomic E-state index is 5.34. The van der Waals surface area contributed by atoms with E-state index in [9.17, 15) is 0 Å². The van der Waals surface area contributed by atoms with Crippen molar-refractivity contribution in [2.24, 2.45) is 10.9 Å². The molecule has 1 aliphatic rings. The lowest BCUT2D eigenvalue weighted by Gasteiger charge is -2.05. The largest absolute Gasteiger partial charge is 0.467 e. The van der Waals surface area contributed by atoms with Crippen molar-refractivity contribution in [3.05, 3.63) is 36.0 Å². The van der Waals surface area contributed by atoms with E-state index in [1.54, 1.807) is 12.5 Å². The summed E-state index contributed by atoms with van der Waals surface area (Å²) in [6.07, 6.45) is 6.37. The van der Waals surface area contributed by atoms with Crippen molar-refractivity contribution in [1.82, 2.24) is 15.0 Å². The maximum atomic E-state index is 5.34. The molecule has 1 saturated heterocycles. The summed E-state index contributed by atoms with van der Waals surface area (Å²) in [7, 11) is 0. The Labute approximate surface area is 111 Å². The second-order valence-corrected chi connectivity index (χ2v) is 4.64. The van der Waals surface area contributed by atoms with Crippen molar-refractivity contribution in [2.75, 3.05) is 13.2 Å². The molecular weight excluding hydrogens is 244 g/mol. The van der Waals surface area contributed by atoms with Crippen LogP contribution in [0.4, 0.5) is 0 Å². The molecule has 3 rings (SSSR count). The minimum Gasteiger partial charge on any atom is -0.467 e. The van der Waals surface area contributed by atoms with Gasteiger partial charge in [-0.2, -0.15) is 0 Å². The minimum atomic E-state index is 0.524. The second kappa shape index (κ2) is 5.79. The van der Waals surface area contributed by atoms with Gasteiger partial charge in [-0.3, -0.25) is 9.67 Å². The van der Waals surface area contributed by atoms with E-state index in [4.69, 9.17) is 9.15 Å². The van der Waals surface area contributed by atoms with E-state index in [-0.39, 0.29) is 0 Å². The number of aromatic nitrogens is 3. The highest BCUT2D eigenvalue weighted by Gasteiger charge is 2.16. The van der Waals surface area contributed by atoms with Crippen LogP contribution in [-0.2, 0) is 17.8 Å². The molecule has 1 unspecified atom stereocenters. The number of nitrogens with zero attached hydrogens (tertiary/aromatic N) is 4. The van der Waals surface area contributed by atoms with Gasteiger partial charge in [-0.15, -0.1) is 5.10 Å². The Morgan fingerprint density at radius 1 is 1.53 bits per heavy atom. The summed E-state index contributed by atoms with van der Waals surface area (Å²) in [4.78, 5) is 4.27. The molecule has 1 atom stereocenters. The first-order valence-corrected chi connectivity index (χ1v) is 6.40. The van der Waals surface area contributed by atoms with Gasteiger partial charge in [0.05, 0.1) is 31.8 Å². The molecule has 6 heteroatoms. The molecule has 100 valence electrons. The first-order valence-electron chi connectivity index (χ1n) is 6.40. The molecule has 3 heterocycles. The highest BCUT2D eigenvalue weighted by molar-refractivity contribution is 5.76. The average Bonchev–Trinajstić information content (AvgIpc) is 3.12. The Kier molecular flexibility index (Phi) is 3.69. The van der Waals surface area contributed by atoms with E-state index in [1.165, 1.54) is 0 Å². The lowest BCUT2D eigenvalue weighted by atomic mass is 10.1. The molecule has 2 aromatic heterocycles. The third kappa shape index (κ3) is 3.29. The van der Waals surface area contributed by atoms with Crippen molar-refractivity contribution in [3.63, 3.8) is 0 Å². The van der Waals surface area contributed by atoms with Gasteiger partial charge in [0.2, 0.25) is 0 Å². The molecule has 0 saturated carbocycles. The van der Waals surface area contributed by atoms with Crippen molar-refractivity contribution in [2.45, 2.75) is 19.5 Å². The third-order valence-electron chi connectivity index (χ3n) is 3.08. The summed E-state index contributed by atoms with van der Waals surface area (Å²) < 4.78 is 12.4. The van der Waals surface area contributed by atoms with Gasteiger partial charge in [-0.1, -0.05) is 5.21 Å². The van der Waals surface area contributed by atoms with E-state index in [0.29, 0.717) is 12.5 Å². The van der Waals surface area contributed by atoms with Gasteiger partial charge in [0.25, 0.3) is 0 Å². The monoisotopic (exact) mass is 260 g/mol. The van der Waals surface area contributed by atoms with Crippen LogP contribution in [0.5, 0.6) is 0 Å². The Morgan fingerprint density at radius 2 is 2.53 bits per heavy atom. The van der Waals surface area contributed by atoms with E-state index in [2.05, 4.69) is 15.3 Å². The molecule has 1 fully saturated rings. The predicted molar refractivity (Wildman–Crippen MR) is 69.0 cm³/mol. The molecule has 0 N–H and O–H groups in total. The average molecular weight is 260 g/mol. The molecule has 6 nitrogen and oxygen atoms in total. The van der Waals surface area contributed by atoms with Gasteiger partial charge in [-0.25, -0.2) is 0 Å². The summed E-state index contributed by atoms with van der Waals surface area (Å²) in [5.41, 5.74) is 0.769. The summed E-state index contributed by atoms with van der Waals surface area (Å²) >= 11 is 0. The van der Waals surface area contributed by atoms with Crippen LogP contribution in [0, 0.1) is 5.92 Å². The quantitative estimate of drug-likeness (QED) is 0.765. The molecule has 0 aliphatic carbocycles. The molecule has 2 aromatic rings. The predicted octanol–water partition coefficient (Wildman–Crippen LogP) is 1.53. The zero-order valence-corrected chi connectivity index (χ0v) is 10.6. The molecule has 0 radical (unpaired) electrons. The Morgan fingerprint density at radius 3 is 3.32 bits per heavy atom. The van der Waals surface area contributed by atoms with Crippen LogP contribution in [-0.4, -0.2) is 34.4 Å². The molecule has 0 amide bonds. The van der Waals surface area contributed by atoms with Gasteiger partial charge in [-0.05, 0) is 18.6 Å². The van der Waals surface area contributed by atoms with Gasteiger partial charge < -0.3 is 9.15 Å². The number of hydrogen-bond donors (Lipinski definition) is 0. The topological polar surface area (TPSA) is 65.4 Å². The van der Waals surface area contributed by atoms with Crippen molar-refractivity contribution < 1.29 is 9.15 Å². The first-order chi connectivity index (χ1) is 9.40. The van der Waals surface area contributed by atoms with Crippen LogP contribution >= 0.6 is 0 Å². The standard InChI is InChI=1S/C13H16N4O2/c1-2-13(19-4-1)7-14-6-12-9-17(16-15-12)8-11-3-5-18-10-11/h1-2,4,6,9,11H,3,5,7-8,10H2. The Bertz CT molecular complexity index is 527. The van der Waals surface area contributed by atoms with Crippen LogP contribution in [0.25, 0.3) is 0 Å². The van der Waals surface area contributed by atoms with E-state index < -0.39 is 0 Å². The Hall–Kier alpha value is -1.95. The van der Waals surface area contributed by atoms with Gasteiger partial charge in [0, 0.05) is 19.1 Å². The zero-order valence-electron chi connectivity index (χ0n) is 10.6.